The molecule has 1 N–H and O–H groups in total. The van der Waals surface area contributed by atoms with Crippen LogP contribution in [0.4, 0.5) is 5.69 Å². The number of carbonyl (C=O) groups is 1. The number of morpholine rings is 1. The Kier molecular flexibility index (Phi) is 5.25. The van der Waals surface area contributed by atoms with E-state index >= 15 is 0 Å². The number of hydrogen-bond donors (Lipinski definition) is 1. The number of rotatable bonds is 4. The highest BCUT2D eigenvalue weighted by molar-refractivity contribution is 9.11. The standard InChI is InChI=1S/C16H17BrN2O2S/c17-15-9-13(11-22-15)16(20)18-14-3-1-12(2-4-14)10-19-5-7-21-8-6-19/h1-4,9,11H,5-8,10H2,(H,18,20). The van der Waals surface area contributed by atoms with Crippen LogP contribution in [0.25, 0.3) is 0 Å². The highest BCUT2D eigenvalue weighted by Crippen LogP contribution is 2.21. The maximum absolute atomic E-state index is 12.1. The maximum Gasteiger partial charge on any atom is 0.256 e. The van der Waals surface area contributed by atoms with Crippen LogP contribution in [0.2, 0.25) is 0 Å². The van der Waals surface area contributed by atoms with E-state index in [2.05, 4.69) is 38.3 Å². The molecule has 1 aliphatic heterocycles. The van der Waals surface area contributed by atoms with Crippen LogP contribution in [-0.2, 0) is 11.3 Å². The number of anilines is 1. The molecule has 1 aromatic heterocycles. The molecule has 1 saturated heterocycles. The molecule has 1 aromatic carbocycles. The van der Waals surface area contributed by atoms with Crippen molar-refractivity contribution in [3.05, 3.63) is 50.6 Å². The van der Waals surface area contributed by atoms with E-state index in [1.165, 1.54) is 16.9 Å². The SMILES string of the molecule is O=C(Nc1ccc(CN2CCOCC2)cc1)c1csc(Br)c1. The number of hydrogen-bond acceptors (Lipinski definition) is 4. The average molecular weight is 381 g/mol. The first-order valence-electron chi connectivity index (χ1n) is 7.15. The molecule has 1 fully saturated rings. The fourth-order valence-corrected chi connectivity index (χ4v) is 3.48. The van der Waals surface area contributed by atoms with E-state index in [9.17, 15) is 4.79 Å². The Morgan fingerprint density at radius 3 is 2.64 bits per heavy atom. The molecule has 2 heterocycles. The predicted octanol–water partition coefficient (Wildman–Crippen LogP) is 3.60. The zero-order valence-corrected chi connectivity index (χ0v) is 14.5. The van der Waals surface area contributed by atoms with Crippen LogP contribution >= 0.6 is 27.3 Å². The third-order valence-corrected chi connectivity index (χ3v) is 5.06. The van der Waals surface area contributed by atoms with Crippen LogP contribution < -0.4 is 5.32 Å². The first-order valence-corrected chi connectivity index (χ1v) is 8.82. The predicted molar refractivity (Wildman–Crippen MR) is 92.5 cm³/mol. The van der Waals surface area contributed by atoms with Gasteiger partial charge in [-0.2, -0.15) is 0 Å². The van der Waals surface area contributed by atoms with Gasteiger partial charge < -0.3 is 10.1 Å². The number of thiophene rings is 1. The van der Waals surface area contributed by atoms with Gasteiger partial charge in [0, 0.05) is 30.7 Å². The number of carbonyl (C=O) groups excluding carboxylic acids is 1. The van der Waals surface area contributed by atoms with Crippen molar-refractivity contribution in [2.45, 2.75) is 6.54 Å². The molecule has 2 aromatic rings. The Labute approximate surface area is 142 Å². The van der Waals surface area contributed by atoms with Gasteiger partial charge in [0.2, 0.25) is 0 Å². The molecule has 0 saturated carbocycles. The van der Waals surface area contributed by atoms with Crippen LogP contribution in [-0.4, -0.2) is 37.1 Å². The van der Waals surface area contributed by atoms with Crippen LogP contribution in [0.15, 0.2) is 39.5 Å². The lowest BCUT2D eigenvalue weighted by atomic mass is 10.2. The lowest BCUT2D eigenvalue weighted by Gasteiger charge is -2.26. The van der Waals surface area contributed by atoms with E-state index in [0.717, 1.165) is 42.3 Å². The summed E-state index contributed by atoms with van der Waals surface area (Å²) in [6.45, 7) is 4.50. The monoisotopic (exact) mass is 380 g/mol. The van der Waals surface area contributed by atoms with Crippen molar-refractivity contribution in [1.29, 1.82) is 0 Å². The zero-order chi connectivity index (χ0) is 15.4. The highest BCUT2D eigenvalue weighted by Gasteiger charge is 2.11. The number of nitrogens with zero attached hydrogens (tertiary/aromatic N) is 1. The first kappa shape index (κ1) is 15.7. The third-order valence-electron chi connectivity index (χ3n) is 3.55. The van der Waals surface area contributed by atoms with Crippen LogP contribution in [0.1, 0.15) is 15.9 Å². The van der Waals surface area contributed by atoms with Crippen molar-refractivity contribution in [3.8, 4) is 0 Å². The largest absolute Gasteiger partial charge is 0.379 e. The molecule has 0 bridgehead atoms. The number of halogens is 1. The molecule has 3 rings (SSSR count). The number of ether oxygens (including phenoxy) is 1. The first-order chi connectivity index (χ1) is 10.7. The van der Waals surface area contributed by atoms with Gasteiger partial charge in [-0.25, -0.2) is 0 Å². The molecule has 0 atom stereocenters. The third kappa shape index (κ3) is 4.16. The topological polar surface area (TPSA) is 41.6 Å². The van der Waals surface area contributed by atoms with Gasteiger partial charge in [0.15, 0.2) is 0 Å². The molecule has 0 spiro atoms. The zero-order valence-electron chi connectivity index (χ0n) is 12.0. The summed E-state index contributed by atoms with van der Waals surface area (Å²) < 4.78 is 6.31. The van der Waals surface area contributed by atoms with E-state index in [4.69, 9.17) is 4.74 Å². The van der Waals surface area contributed by atoms with Crippen molar-refractivity contribution < 1.29 is 9.53 Å². The lowest BCUT2D eigenvalue weighted by Crippen LogP contribution is -2.35. The van der Waals surface area contributed by atoms with Gasteiger partial charge in [-0.3, -0.25) is 9.69 Å². The van der Waals surface area contributed by atoms with Crippen LogP contribution in [0.3, 0.4) is 0 Å². The molecule has 1 aliphatic rings. The Hall–Kier alpha value is -1.21. The van der Waals surface area contributed by atoms with E-state index in [1.54, 1.807) is 0 Å². The van der Waals surface area contributed by atoms with Crippen molar-refractivity contribution in [2.24, 2.45) is 0 Å². The summed E-state index contributed by atoms with van der Waals surface area (Å²) >= 11 is 4.87. The summed E-state index contributed by atoms with van der Waals surface area (Å²) in [6.07, 6.45) is 0. The minimum Gasteiger partial charge on any atom is -0.379 e. The van der Waals surface area contributed by atoms with E-state index in [-0.39, 0.29) is 5.91 Å². The molecule has 22 heavy (non-hydrogen) atoms. The molecule has 0 unspecified atom stereocenters. The molecular weight excluding hydrogens is 364 g/mol. The minimum absolute atomic E-state index is 0.0807. The Bertz CT molecular complexity index is 636. The van der Waals surface area contributed by atoms with Gasteiger partial charge in [0.05, 0.1) is 22.6 Å². The fraction of sp³-hybridized carbons (Fsp3) is 0.312. The van der Waals surface area contributed by atoms with Crippen molar-refractivity contribution in [2.75, 3.05) is 31.6 Å². The number of benzene rings is 1. The summed E-state index contributed by atoms with van der Waals surface area (Å²) in [4.78, 5) is 14.5. The summed E-state index contributed by atoms with van der Waals surface area (Å²) in [7, 11) is 0. The van der Waals surface area contributed by atoms with Crippen LogP contribution in [0.5, 0.6) is 0 Å². The average Bonchev–Trinajstić information content (AvgIpc) is 2.97. The summed E-state index contributed by atoms with van der Waals surface area (Å²) in [6, 6.07) is 9.86. The summed E-state index contributed by atoms with van der Waals surface area (Å²) in [5, 5.41) is 4.76. The second-order valence-electron chi connectivity index (χ2n) is 5.18. The molecule has 116 valence electrons. The number of nitrogens with one attached hydrogen (secondary N) is 1. The van der Waals surface area contributed by atoms with Gasteiger partial charge in [-0.15, -0.1) is 11.3 Å². The number of amides is 1. The second kappa shape index (κ2) is 7.37. The van der Waals surface area contributed by atoms with E-state index in [1.807, 2.05) is 23.6 Å². The Morgan fingerprint density at radius 2 is 2.00 bits per heavy atom. The molecule has 0 aliphatic carbocycles. The molecule has 6 heteroatoms. The van der Waals surface area contributed by atoms with Gasteiger partial charge in [0.1, 0.15) is 0 Å². The van der Waals surface area contributed by atoms with Crippen molar-refractivity contribution in [3.63, 3.8) is 0 Å². The molecular formula is C16H17BrN2O2S. The van der Waals surface area contributed by atoms with Gasteiger partial charge >= 0.3 is 0 Å². The lowest BCUT2D eigenvalue weighted by molar-refractivity contribution is 0.0342. The Balaban J connectivity index is 1.58. The Morgan fingerprint density at radius 1 is 1.27 bits per heavy atom. The van der Waals surface area contributed by atoms with Gasteiger partial charge in [-0.1, -0.05) is 12.1 Å². The molecule has 0 radical (unpaired) electrons. The van der Waals surface area contributed by atoms with Gasteiger partial charge in [-0.05, 0) is 39.7 Å². The fourth-order valence-electron chi connectivity index (χ4n) is 2.34. The second-order valence-corrected chi connectivity index (χ2v) is 7.47. The molecule has 1 amide bonds. The maximum atomic E-state index is 12.1. The summed E-state index contributed by atoms with van der Waals surface area (Å²) in [5.41, 5.74) is 2.74. The smallest absolute Gasteiger partial charge is 0.256 e. The quantitative estimate of drug-likeness (QED) is 0.880. The van der Waals surface area contributed by atoms with Crippen molar-refractivity contribution in [1.82, 2.24) is 4.90 Å². The minimum atomic E-state index is -0.0807. The highest BCUT2D eigenvalue weighted by atomic mass is 79.9. The van der Waals surface area contributed by atoms with E-state index in [0.29, 0.717) is 5.56 Å². The normalized spacial score (nSPS) is 15.7. The van der Waals surface area contributed by atoms with Crippen LogP contribution in [0, 0.1) is 0 Å². The van der Waals surface area contributed by atoms with Gasteiger partial charge in [0.25, 0.3) is 5.91 Å². The van der Waals surface area contributed by atoms with E-state index < -0.39 is 0 Å². The summed E-state index contributed by atoms with van der Waals surface area (Å²) in [5.74, 6) is -0.0807. The molecule has 4 nitrogen and oxygen atoms in total. The van der Waals surface area contributed by atoms with Crippen molar-refractivity contribution >= 4 is 38.9 Å².